The van der Waals surface area contributed by atoms with Gasteiger partial charge in [0.15, 0.2) is 0 Å². The van der Waals surface area contributed by atoms with Crippen molar-refractivity contribution in [2.75, 3.05) is 11.9 Å². The summed E-state index contributed by atoms with van der Waals surface area (Å²) in [6, 6.07) is 5.74. The normalized spacial score (nSPS) is 16.0. The molecule has 4 N–H and O–H groups in total. The molecule has 5 rings (SSSR count). The lowest BCUT2D eigenvalue weighted by atomic mass is 9.86. The molecular formula is C22H24N6O2S. The van der Waals surface area contributed by atoms with Crippen molar-refractivity contribution in [3.05, 3.63) is 45.5 Å². The second-order valence-electron chi connectivity index (χ2n) is 8.46. The van der Waals surface area contributed by atoms with E-state index in [1.807, 2.05) is 18.2 Å². The number of hydrogen-bond donors (Lipinski definition) is 4. The first-order valence-corrected chi connectivity index (χ1v) is 11.3. The van der Waals surface area contributed by atoms with Crippen molar-refractivity contribution in [3.63, 3.8) is 0 Å². The number of H-pyrrole nitrogens is 2. The van der Waals surface area contributed by atoms with Crippen LogP contribution in [0.2, 0.25) is 0 Å². The molecule has 0 radical (unpaired) electrons. The Morgan fingerprint density at radius 1 is 1.29 bits per heavy atom. The average Bonchev–Trinajstić information content (AvgIpc) is 3.30. The molecule has 8 nitrogen and oxygen atoms in total. The van der Waals surface area contributed by atoms with E-state index in [-0.39, 0.29) is 16.7 Å². The van der Waals surface area contributed by atoms with Crippen molar-refractivity contribution in [2.45, 2.75) is 33.1 Å². The number of nitrogens with zero attached hydrogens (tertiary/aromatic N) is 2. The van der Waals surface area contributed by atoms with E-state index in [1.54, 1.807) is 0 Å². The number of carbonyl (C=O) groups is 1. The number of hydrogen-bond acceptors (Lipinski definition) is 6. The van der Waals surface area contributed by atoms with Crippen LogP contribution in [0.4, 0.5) is 11.5 Å². The van der Waals surface area contributed by atoms with Gasteiger partial charge in [-0.15, -0.1) is 0 Å². The van der Waals surface area contributed by atoms with E-state index in [1.165, 1.54) is 17.7 Å². The van der Waals surface area contributed by atoms with Gasteiger partial charge in [0.05, 0.1) is 15.6 Å². The summed E-state index contributed by atoms with van der Waals surface area (Å²) in [4.78, 5) is 39.4. The van der Waals surface area contributed by atoms with Crippen LogP contribution in [0.25, 0.3) is 21.3 Å². The number of aryl methyl sites for hydroxylation is 1. The summed E-state index contributed by atoms with van der Waals surface area (Å²) in [6.07, 6.45) is 3.84. The van der Waals surface area contributed by atoms with Gasteiger partial charge in [-0.3, -0.25) is 9.59 Å². The van der Waals surface area contributed by atoms with Gasteiger partial charge in [-0.1, -0.05) is 25.2 Å². The Kier molecular flexibility index (Phi) is 4.97. The Morgan fingerprint density at radius 2 is 2.16 bits per heavy atom. The van der Waals surface area contributed by atoms with E-state index >= 15 is 0 Å². The van der Waals surface area contributed by atoms with Crippen LogP contribution in [-0.4, -0.2) is 32.4 Å². The summed E-state index contributed by atoms with van der Waals surface area (Å²) >= 11 is 1.18. The van der Waals surface area contributed by atoms with E-state index < -0.39 is 0 Å². The molecule has 1 amide bonds. The molecule has 9 heteroatoms. The smallest absolute Gasteiger partial charge is 0.305 e. The Balaban J connectivity index is 1.47. The number of amides is 1. The van der Waals surface area contributed by atoms with E-state index in [0.29, 0.717) is 24.7 Å². The number of fused-ring (bicyclic) bond motifs is 4. The topological polar surface area (TPSA) is 116 Å². The molecule has 0 saturated carbocycles. The van der Waals surface area contributed by atoms with Gasteiger partial charge >= 0.3 is 4.87 Å². The predicted octanol–water partition coefficient (Wildman–Crippen LogP) is 3.48. The SMILES string of the molecule is CC(C)CNC(=O)[C@H]1CCc2[nH]c3ncnc(Nc4ccc5[nH]c(=O)sc5c4)c3c2C1. The van der Waals surface area contributed by atoms with Crippen LogP contribution in [-0.2, 0) is 17.6 Å². The van der Waals surface area contributed by atoms with Crippen LogP contribution in [0.15, 0.2) is 29.3 Å². The van der Waals surface area contributed by atoms with Crippen LogP contribution in [0.3, 0.4) is 0 Å². The molecule has 0 saturated heterocycles. The van der Waals surface area contributed by atoms with Gasteiger partial charge in [0.1, 0.15) is 17.8 Å². The Morgan fingerprint density at radius 3 is 3.00 bits per heavy atom. The minimum Gasteiger partial charge on any atom is -0.356 e. The highest BCUT2D eigenvalue weighted by atomic mass is 32.1. The lowest BCUT2D eigenvalue weighted by Gasteiger charge is -2.22. The van der Waals surface area contributed by atoms with E-state index in [4.69, 9.17) is 0 Å². The zero-order chi connectivity index (χ0) is 21.5. The Hall–Kier alpha value is -3.20. The summed E-state index contributed by atoms with van der Waals surface area (Å²) in [5.74, 6) is 1.20. The third kappa shape index (κ3) is 3.81. The molecule has 31 heavy (non-hydrogen) atoms. The molecular weight excluding hydrogens is 412 g/mol. The number of aromatic nitrogens is 4. The quantitative estimate of drug-likeness (QED) is 0.382. The number of benzene rings is 1. The molecule has 0 spiro atoms. The van der Waals surface area contributed by atoms with Gasteiger partial charge in [0, 0.05) is 23.8 Å². The van der Waals surface area contributed by atoms with Crippen LogP contribution >= 0.6 is 11.3 Å². The minimum absolute atomic E-state index is 0.0493. The first kappa shape index (κ1) is 19.7. The van der Waals surface area contributed by atoms with Gasteiger partial charge in [0.2, 0.25) is 5.91 Å². The average molecular weight is 437 g/mol. The van der Waals surface area contributed by atoms with Crippen molar-refractivity contribution < 1.29 is 4.79 Å². The van der Waals surface area contributed by atoms with Gasteiger partial charge in [-0.05, 0) is 48.9 Å². The fourth-order valence-electron chi connectivity index (χ4n) is 4.17. The molecule has 1 aromatic carbocycles. The number of nitrogens with one attached hydrogen (secondary N) is 4. The zero-order valence-electron chi connectivity index (χ0n) is 17.4. The summed E-state index contributed by atoms with van der Waals surface area (Å²) in [5.41, 5.74) is 4.69. The van der Waals surface area contributed by atoms with Crippen molar-refractivity contribution in [1.29, 1.82) is 0 Å². The molecule has 160 valence electrons. The standard InChI is InChI=1S/C22H24N6O2S/c1-11(2)9-23-21(29)12-3-5-15-14(7-12)18-19(24-10-25-20(18)27-15)26-13-4-6-16-17(8-13)31-22(30)28-16/h4,6,8,10-12H,3,5,7,9H2,1-2H3,(H,23,29)(H,28,30)(H2,24,25,26,27)/t12-/m0/s1. The molecule has 0 aliphatic heterocycles. The van der Waals surface area contributed by atoms with Crippen molar-refractivity contribution >= 4 is 50.0 Å². The maximum atomic E-state index is 12.7. The highest BCUT2D eigenvalue weighted by Gasteiger charge is 2.29. The van der Waals surface area contributed by atoms with Gasteiger partial charge in [-0.2, -0.15) is 0 Å². The monoisotopic (exact) mass is 436 g/mol. The second kappa shape index (κ2) is 7.81. The van der Waals surface area contributed by atoms with Crippen molar-refractivity contribution in [2.24, 2.45) is 11.8 Å². The summed E-state index contributed by atoms with van der Waals surface area (Å²) < 4.78 is 0.887. The molecule has 0 fully saturated rings. The third-order valence-electron chi connectivity index (χ3n) is 5.72. The number of thiazole rings is 1. The highest BCUT2D eigenvalue weighted by Crippen LogP contribution is 2.35. The molecule has 1 atom stereocenters. The Labute approximate surface area is 182 Å². The van der Waals surface area contributed by atoms with E-state index in [9.17, 15) is 9.59 Å². The van der Waals surface area contributed by atoms with Gasteiger partial charge in [-0.25, -0.2) is 9.97 Å². The second-order valence-corrected chi connectivity index (χ2v) is 9.47. The molecule has 3 aromatic heterocycles. The number of anilines is 2. The van der Waals surface area contributed by atoms with E-state index in [0.717, 1.165) is 51.0 Å². The predicted molar refractivity (Wildman–Crippen MR) is 123 cm³/mol. The van der Waals surface area contributed by atoms with Crippen LogP contribution < -0.4 is 15.5 Å². The maximum Gasteiger partial charge on any atom is 0.305 e. The summed E-state index contributed by atoms with van der Waals surface area (Å²) in [6.45, 7) is 4.88. The lowest BCUT2D eigenvalue weighted by Crippen LogP contribution is -2.35. The highest BCUT2D eigenvalue weighted by molar-refractivity contribution is 7.16. The molecule has 3 heterocycles. The van der Waals surface area contributed by atoms with Gasteiger partial charge in [0.25, 0.3) is 0 Å². The third-order valence-corrected chi connectivity index (χ3v) is 6.56. The minimum atomic E-state index is -0.0712. The number of carbonyl (C=O) groups excluding carboxylic acids is 1. The van der Waals surface area contributed by atoms with Crippen LogP contribution in [0, 0.1) is 11.8 Å². The fraction of sp³-hybridized carbons (Fsp3) is 0.364. The van der Waals surface area contributed by atoms with Crippen molar-refractivity contribution in [3.8, 4) is 0 Å². The first-order chi connectivity index (χ1) is 15.0. The molecule has 4 aromatic rings. The maximum absolute atomic E-state index is 12.7. The molecule has 1 aliphatic rings. The number of rotatable bonds is 5. The van der Waals surface area contributed by atoms with E-state index in [2.05, 4.69) is 44.4 Å². The molecule has 0 unspecified atom stereocenters. The summed E-state index contributed by atoms with van der Waals surface area (Å²) in [5, 5.41) is 7.39. The van der Waals surface area contributed by atoms with Crippen molar-refractivity contribution in [1.82, 2.24) is 25.3 Å². The number of aromatic amines is 2. The zero-order valence-corrected chi connectivity index (χ0v) is 18.2. The summed E-state index contributed by atoms with van der Waals surface area (Å²) in [7, 11) is 0. The lowest BCUT2D eigenvalue weighted by molar-refractivity contribution is -0.125. The fourth-order valence-corrected chi connectivity index (χ4v) is 4.94. The van der Waals surface area contributed by atoms with Gasteiger partial charge < -0.3 is 20.6 Å². The molecule has 0 bridgehead atoms. The van der Waals surface area contributed by atoms with Crippen LogP contribution in [0.1, 0.15) is 31.5 Å². The molecule has 1 aliphatic carbocycles. The first-order valence-electron chi connectivity index (χ1n) is 10.5. The largest absolute Gasteiger partial charge is 0.356 e. The van der Waals surface area contributed by atoms with Crippen LogP contribution in [0.5, 0.6) is 0 Å². The Bertz CT molecular complexity index is 1340.